The molecular formula is C12H23N3O2S. The molecule has 0 aromatic heterocycles. The number of rotatable bonds is 4. The zero-order chi connectivity index (χ0) is 13.0. The van der Waals surface area contributed by atoms with Crippen LogP contribution in [0.1, 0.15) is 26.2 Å². The van der Waals surface area contributed by atoms with Crippen LogP contribution in [0.2, 0.25) is 0 Å². The first-order valence-electron chi connectivity index (χ1n) is 6.71. The minimum atomic E-state index is -3.29. The predicted molar refractivity (Wildman–Crippen MR) is 72.5 cm³/mol. The average molecular weight is 273 g/mol. The molecule has 1 unspecified atom stereocenters. The van der Waals surface area contributed by atoms with E-state index in [1.807, 2.05) is 0 Å². The molecule has 2 N–H and O–H groups in total. The van der Waals surface area contributed by atoms with Gasteiger partial charge in [0.05, 0.1) is 0 Å². The van der Waals surface area contributed by atoms with Crippen molar-refractivity contribution in [3.05, 3.63) is 11.6 Å². The van der Waals surface area contributed by atoms with Gasteiger partial charge in [-0.3, -0.25) is 0 Å². The van der Waals surface area contributed by atoms with Crippen LogP contribution in [0.25, 0.3) is 0 Å². The quantitative estimate of drug-likeness (QED) is 0.732. The maximum Gasteiger partial charge on any atom is 0.279 e. The molecule has 2 aliphatic rings. The van der Waals surface area contributed by atoms with Gasteiger partial charge in [0.2, 0.25) is 0 Å². The van der Waals surface area contributed by atoms with E-state index in [9.17, 15) is 8.42 Å². The van der Waals surface area contributed by atoms with Gasteiger partial charge in [-0.15, -0.1) is 0 Å². The van der Waals surface area contributed by atoms with E-state index >= 15 is 0 Å². The number of piperidine rings is 1. The van der Waals surface area contributed by atoms with Crippen LogP contribution < -0.4 is 10.0 Å². The molecule has 0 aliphatic carbocycles. The number of hydrogen-bond donors (Lipinski definition) is 2. The van der Waals surface area contributed by atoms with Gasteiger partial charge in [0, 0.05) is 26.2 Å². The lowest BCUT2D eigenvalue weighted by Crippen LogP contribution is -2.46. The van der Waals surface area contributed by atoms with Gasteiger partial charge in [0.1, 0.15) is 0 Å². The molecule has 1 atom stereocenters. The van der Waals surface area contributed by atoms with Crippen LogP contribution in [0.4, 0.5) is 0 Å². The molecule has 2 rings (SSSR count). The second kappa shape index (κ2) is 6.14. The summed E-state index contributed by atoms with van der Waals surface area (Å²) in [6.45, 7) is 5.65. The first-order chi connectivity index (χ1) is 8.58. The van der Waals surface area contributed by atoms with E-state index in [2.05, 4.69) is 23.0 Å². The van der Waals surface area contributed by atoms with Crippen molar-refractivity contribution in [2.45, 2.75) is 26.2 Å². The standard InChI is InChI=1S/C12H23N3O2S/c1-11-3-2-8-15(10-11)18(16,17)14-9-12-4-6-13-7-5-12/h4,11,13-14H,2-3,5-10H2,1H3. The second-order valence-corrected chi connectivity index (χ2v) is 7.00. The zero-order valence-electron chi connectivity index (χ0n) is 11.0. The zero-order valence-corrected chi connectivity index (χ0v) is 11.8. The molecule has 104 valence electrons. The van der Waals surface area contributed by atoms with Gasteiger partial charge in [-0.25, -0.2) is 0 Å². The molecule has 0 saturated carbocycles. The second-order valence-electron chi connectivity index (χ2n) is 5.25. The predicted octanol–water partition coefficient (Wildman–Crippen LogP) is 0.472. The minimum absolute atomic E-state index is 0.453. The Kier molecular flexibility index (Phi) is 4.77. The van der Waals surface area contributed by atoms with Crippen LogP contribution in [0, 0.1) is 5.92 Å². The summed E-state index contributed by atoms with van der Waals surface area (Å²) in [6.07, 6.45) is 5.10. The summed E-state index contributed by atoms with van der Waals surface area (Å²) >= 11 is 0. The Labute approximate surface area is 110 Å². The molecular weight excluding hydrogens is 250 g/mol. The van der Waals surface area contributed by atoms with Gasteiger partial charge >= 0.3 is 0 Å². The van der Waals surface area contributed by atoms with Crippen molar-refractivity contribution in [1.29, 1.82) is 0 Å². The highest BCUT2D eigenvalue weighted by Gasteiger charge is 2.26. The molecule has 0 bridgehead atoms. The van der Waals surface area contributed by atoms with E-state index in [0.29, 0.717) is 25.6 Å². The van der Waals surface area contributed by atoms with Crippen molar-refractivity contribution in [1.82, 2.24) is 14.3 Å². The van der Waals surface area contributed by atoms with Crippen molar-refractivity contribution in [3.8, 4) is 0 Å². The maximum absolute atomic E-state index is 12.1. The summed E-state index contributed by atoms with van der Waals surface area (Å²) in [7, 11) is -3.29. The van der Waals surface area contributed by atoms with Gasteiger partial charge in [-0.05, 0) is 31.7 Å². The molecule has 0 aromatic carbocycles. The van der Waals surface area contributed by atoms with Crippen LogP contribution in [0.15, 0.2) is 11.6 Å². The van der Waals surface area contributed by atoms with Crippen molar-refractivity contribution < 1.29 is 8.42 Å². The average Bonchev–Trinajstić information content (AvgIpc) is 2.38. The SMILES string of the molecule is CC1CCCN(S(=O)(=O)NCC2=CCNCC2)C1. The Hall–Kier alpha value is -0.430. The minimum Gasteiger partial charge on any atom is -0.313 e. The Morgan fingerprint density at radius 2 is 2.39 bits per heavy atom. The van der Waals surface area contributed by atoms with Crippen molar-refractivity contribution >= 4 is 10.2 Å². The van der Waals surface area contributed by atoms with E-state index < -0.39 is 10.2 Å². The van der Waals surface area contributed by atoms with Crippen molar-refractivity contribution in [2.75, 3.05) is 32.7 Å². The van der Waals surface area contributed by atoms with Crippen LogP contribution in [-0.4, -0.2) is 45.4 Å². The van der Waals surface area contributed by atoms with Gasteiger partial charge in [-0.2, -0.15) is 17.4 Å². The lowest BCUT2D eigenvalue weighted by atomic mass is 10.0. The summed E-state index contributed by atoms with van der Waals surface area (Å²) in [5.74, 6) is 0.466. The molecule has 2 heterocycles. The number of nitrogens with one attached hydrogen (secondary N) is 2. The number of nitrogens with zero attached hydrogens (tertiary/aromatic N) is 1. The van der Waals surface area contributed by atoms with Crippen LogP contribution >= 0.6 is 0 Å². The van der Waals surface area contributed by atoms with Crippen LogP contribution in [-0.2, 0) is 10.2 Å². The Morgan fingerprint density at radius 3 is 3.06 bits per heavy atom. The molecule has 0 amide bonds. The maximum atomic E-state index is 12.1. The molecule has 5 nitrogen and oxygen atoms in total. The van der Waals surface area contributed by atoms with Gasteiger partial charge in [0.15, 0.2) is 0 Å². The highest BCUT2D eigenvalue weighted by atomic mass is 32.2. The molecule has 0 aromatic rings. The Balaban J connectivity index is 1.88. The van der Waals surface area contributed by atoms with Crippen LogP contribution in [0.5, 0.6) is 0 Å². The van der Waals surface area contributed by atoms with E-state index in [1.165, 1.54) is 5.57 Å². The third-order valence-corrected chi connectivity index (χ3v) is 5.12. The normalized spacial score (nSPS) is 26.9. The highest BCUT2D eigenvalue weighted by Crippen LogP contribution is 2.17. The molecule has 1 saturated heterocycles. The molecule has 18 heavy (non-hydrogen) atoms. The van der Waals surface area contributed by atoms with E-state index in [1.54, 1.807) is 4.31 Å². The van der Waals surface area contributed by atoms with Crippen LogP contribution in [0.3, 0.4) is 0 Å². The lowest BCUT2D eigenvalue weighted by Gasteiger charge is -2.30. The summed E-state index contributed by atoms with van der Waals surface area (Å²) in [4.78, 5) is 0. The molecule has 2 aliphatic heterocycles. The van der Waals surface area contributed by atoms with E-state index in [4.69, 9.17) is 0 Å². The van der Waals surface area contributed by atoms with Gasteiger partial charge in [-0.1, -0.05) is 18.6 Å². The smallest absolute Gasteiger partial charge is 0.279 e. The van der Waals surface area contributed by atoms with E-state index in [-0.39, 0.29) is 0 Å². The third kappa shape index (κ3) is 3.78. The molecule has 1 fully saturated rings. The lowest BCUT2D eigenvalue weighted by molar-refractivity contribution is 0.278. The Bertz CT molecular complexity index is 406. The van der Waals surface area contributed by atoms with Crippen molar-refractivity contribution in [2.24, 2.45) is 5.92 Å². The largest absolute Gasteiger partial charge is 0.313 e. The third-order valence-electron chi connectivity index (χ3n) is 3.60. The van der Waals surface area contributed by atoms with Crippen molar-refractivity contribution in [3.63, 3.8) is 0 Å². The first kappa shape index (κ1) is 14.0. The van der Waals surface area contributed by atoms with Gasteiger partial charge in [0.25, 0.3) is 10.2 Å². The summed E-state index contributed by atoms with van der Waals surface area (Å²) in [6, 6.07) is 0. The number of hydrogen-bond acceptors (Lipinski definition) is 3. The molecule has 6 heteroatoms. The molecule has 0 spiro atoms. The fourth-order valence-corrected chi connectivity index (χ4v) is 3.84. The fourth-order valence-electron chi connectivity index (χ4n) is 2.47. The summed E-state index contributed by atoms with van der Waals surface area (Å²) in [5.41, 5.74) is 1.18. The topological polar surface area (TPSA) is 61.4 Å². The van der Waals surface area contributed by atoms with Gasteiger partial charge < -0.3 is 5.32 Å². The summed E-state index contributed by atoms with van der Waals surface area (Å²) < 4.78 is 28.6. The Morgan fingerprint density at radius 1 is 1.56 bits per heavy atom. The highest BCUT2D eigenvalue weighted by molar-refractivity contribution is 7.87. The first-order valence-corrected chi connectivity index (χ1v) is 8.15. The van der Waals surface area contributed by atoms with E-state index in [0.717, 1.165) is 32.4 Å². The summed E-state index contributed by atoms with van der Waals surface area (Å²) in [5, 5.41) is 3.22. The fraction of sp³-hybridized carbons (Fsp3) is 0.833. The monoisotopic (exact) mass is 273 g/mol. The molecule has 0 radical (unpaired) electrons.